The number of benzene rings is 1. The number of aromatic nitrogens is 1. The highest BCUT2D eigenvalue weighted by atomic mass is 32.1. The van der Waals surface area contributed by atoms with Crippen LogP contribution in [0.2, 0.25) is 0 Å². The first-order chi connectivity index (χ1) is 14.0. The highest BCUT2D eigenvalue weighted by Gasteiger charge is 2.30. The molecule has 0 spiro atoms. The summed E-state index contributed by atoms with van der Waals surface area (Å²) in [6.07, 6.45) is 2.43. The van der Waals surface area contributed by atoms with E-state index in [-0.39, 0.29) is 0 Å². The number of hydrogen-bond acceptors (Lipinski definition) is 5. The lowest BCUT2D eigenvalue weighted by Crippen LogP contribution is -2.44. The minimum atomic E-state index is 0.395. The van der Waals surface area contributed by atoms with Gasteiger partial charge < -0.3 is 15.4 Å². The van der Waals surface area contributed by atoms with Crippen molar-refractivity contribution in [2.75, 3.05) is 34.3 Å². The summed E-state index contributed by atoms with van der Waals surface area (Å²) in [6.45, 7) is 6.89. The van der Waals surface area contributed by atoms with Gasteiger partial charge in [-0.3, -0.25) is 9.89 Å². The quantitative estimate of drug-likeness (QED) is 0.558. The molecule has 2 heterocycles. The Morgan fingerprint density at radius 3 is 2.66 bits per heavy atom. The number of thiazole rings is 1. The summed E-state index contributed by atoms with van der Waals surface area (Å²) in [5.74, 6) is 2.27. The second-order valence-electron chi connectivity index (χ2n) is 7.65. The SMILES string of the molecule is CN=C(NCc1sc(C)nc1C)NCC1CCCN(C)C1c1ccc(OC)cc1. The maximum Gasteiger partial charge on any atom is 0.191 e. The minimum absolute atomic E-state index is 0.395. The fourth-order valence-electron chi connectivity index (χ4n) is 4.15. The van der Waals surface area contributed by atoms with Crippen LogP contribution < -0.4 is 15.4 Å². The number of likely N-dealkylation sites (tertiary alicyclic amines) is 1. The van der Waals surface area contributed by atoms with E-state index in [1.807, 2.05) is 14.0 Å². The summed E-state index contributed by atoms with van der Waals surface area (Å²) in [5, 5.41) is 8.10. The fourth-order valence-corrected chi connectivity index (χ4v) is 5.03. The van der Waals surface area contributed by atoms with Gasteiger partial charge in [-0.15, -0.1) is 11.3 Å². The highest BCUT2D eigenvalue weighted by Crippen LogP contribution is 2.35. The summed E-state index contributed by atoms with van der Waals surface area (Å²) in [5.41, 5.74) is 2.45. The van der Waals surface area contributed by atoms with Crippen molar-refractivity contribution in [3.63, 3.8) is 0 Å². The molecule has 2 N–H and O–H groups in total. The second kappa shape index (κ2) is 10.1. The van der Waals surface area contributed by atoms with E-state index in [4.69, 9.17) is 4.74 Å². The van der Waals surface area contributed by atoms with Gasteiger partial charge in [0, 0.05) is 24.5 Å². The van der Waals surface area contributed by atoms with E-state index in [9.17, 15) is 0 Å². The van der Waals surface area contributed by atoms with Gasteiger partial charge in [-0.2, -0.15) is 0 Å². The minimum Gasteiger partial charge on any atom is -0.497 e. The molecule has 2 unspecified atom stereocenters. The topological polar surface area (TPSA) is 61.8 Å². The zero-order chi connectivity index (χ0) is 20.8. The summed E-state index contributed by atoms with van der Waals surface area (Å²) in [4.78, 5) is 12.6. The number of ether oxygens (including phenoxy) is 1. The van der Waals surface area contributed by atoms with Crippen LogP contribution in [0.3, 0.4) is 0 Å². The summed E-state index contributed by atoms with van der Waals surface area (Å²) in [6, 6.07) is 8.90. The third kappa shape index (κ3) is 5.48. The van der Waals surface area contributed by atoms with Gasteiger partial charge in [0.05, 0.1) is 24.4 Å². The molecule has 1 aromatic heterocycles. The Kier molecular flexibility index (Phi) is 7.50. The van der Waals surface area contributed by atoms with Crippen LogP contribution in [0.25, 0.3) is 0 Å². The molecule has 0 saturated carbocycles. The van der Waals surface area contributed by atoms with Gasteiger partial charge in [0.15, 0.2) is 5.96 Å². The Balaban J connectivity index is 1.62. The Morgan fingerprint density at radius 2 is 2.03 bits per heavy atom. The maximum atomic E-state index is 5.32. The lowest BCUT2D eigenvalue weighted by Gasteiger charge is -2.40. The fraction of sp³-hybridized carbons (Fsp3) is 0.545. The van der Waals surface area contributed by atoms with Gasteiger partial charge in [-0.1, -0.05) is 12.1 Å². The van der Waals surface area contributed by atoms with Crippen molar-refractivity contribution in [2.24, 2.45) is 10.9 Å². The molecule has 0 amide bonds. The number of aliphatic imine (C=N–C) groups is 1. The maximum absolute atomic E-state index is 5.32. The van der Waals surface area contributed by atoms with Crippen molar-refractivity contribution in [1.82, 2.24) is 20.5 Å². The molecule has 29 heavy (non-hydrogen) atoms. The van der Waals surface area contributed by atoms with E-state index in [1.165, 1.54) is 23.3 Å². The van der Waals surface area contributed by atoms with Crippen LogP contribution in [0.1, 0.15) is 40.0 Å². The van der Waals surface area contributed by atoms with Gasteiger partial charge in [-0.05, 0) is 63.9 Å². The molecular formula is C22H33N5OS. The molecule has 1 aliphatic rings. The van der Waals surface area contributed by atoms with Crippen molar-refractivity contribution < 1.29 is 4.74 Å². The number of nitrogens with one attached hydrogen (secondary N) is 2. The van der Waals surface area contributed by atoms with E-state index in [2.05, 4.69) is 63.7 Å². The summed E-state index contributed by atoms with van der Waals surface area (Å²) >= 11 is 1.74. The van der Waals surface area contributed by atoms with Gasteiger partial charge in [0.2, 0.25) is 0 Å². The Morgan fingerprint density at radius 1 is 1.28 bits per heavy atom. The number of piperidine rings is 1. The molecule has 158 valence electrons. The van der Waals surface area contributed by atoms with Crippen molar-refractivity contribution in [3.8, 4) is 5.75 Å². The van der Waals surface area contributed by atoms with E-state index in [0.29, 0.717) is 12.0 Å². The highest BCUT2D eigenvalue weighted by molar-refractivity contribution is 7.11. The first kappa shape index (κ1) is 21.6. The third-order valence-electron chi connectivity index (χ3n) is 5.64. The predicted octanol–water partition coefficient (Wildman–Crippen LogP) is 3.52. The van der Waals surface area contributed by atoms with Crippen molar-refractivity contribution >= 4 is 17.3 Å². The van der Waals surface area contributed by atoms with Gasteiger partial charge in [0.1, 0.15) is 5.75 Å². The average molecular weight is 416 g/mol. The second-order valence-corrected chi connectivity index (χ2v) is 8.94. The van der Waals surface area contributed by atoms with Crippen molar-refractivity contribution in [2.45, 2.75) is 39.3 Å². The van der Waals surface area contributed by atoms with E-state index < -0.39 is 0 Å². The van der Waals surface area contributed by atoms with Crippen LogP contribution in [0.5, 0.6) is 5.75 Å². The first-order valence-electron chi connectivity index (χ1n) is 10.2. The molecule has 6 nitrogen and oxygen atoms in total. The van der Waals surface area contributed by atoms with Crippen LogP contribution in [-0.2, 0) is 6.54 Å². The molecule has 3 rings (SSSR count). The summed E-state index contributed by atoms with van der Waals surface area (Å²) < 4.78 is 5.32. The number of nitrogens with zero attached hydrogens (tertiary/aromatic N) is 3. The number of methoxy groups -OCH3 is 1. The first-order valence-corrected chi connectivity index (χ1v) is 11.0. The van der Waals surface area contributed by atoms with Gasteiger partial charge >= 0.3 is 0 Å². The molecule has 0 bridgehead atoms. The number of aryl methyl sites for hydroxylation is 2. The van der Waals surface area contributed by atoms with E-state index >= 15 is 0 Å². The zero-order valence-corrected chi connectivity index (χ0v) is 19.0. The van der Waals surface area contributed by atoms with Crippen LogP contribution in [0, 0.1) is 19.8 Å². The molecule has 0 radical (unpaired) electrons. The van der Waals surface area contributed by atoms with Crippen molar-refractivity contribution in [3.05, 3.63) is 45.4 Å². The molecule has 2 atom stereocenters. The Labute approximate surface area is 178 Å². The van der Waals surface area contributed by atoms with Crippen LogP contribution >= 0.6 is 11.3 Å². The smallest absolute Gasteiger partial charge is 0.191 e. The number of guanidine groups is 1. The molecule has 0 aliphatic carbocycles. The van der Waals surface area contributed by atoms with Crippen molar-refractivity contribution in [1.29, 1.82) is 0 Å². The predicted molar refractivity (Wildman–Crippen MR) is 121 cm³/mol. The molecule has 7 heteroatoms. The average Bonchev–Trinajstić information content (AvgIpc) is 3.05. The molecule has 1 saturated heterocycles. The van der Waals surface area contributed by atoms with E-state index in [0.717, 1.165) is 42.0 Å². The number of hydrogen-bond donors (Lipinski definition) is 2. The van der Waals surface area contributed by atoms with Crippen LogP contribution in [0.15, 0.2) is 29.3 Å². The standard InChI is InChI=1S/C22H33N5OS/c1-15-20(29-16(2)26-15)14-25-22(23-3)24-13-18-7-6-12-27(4)21(18)17-8-10-19(28-5)11-9-17/h8-11,18,21H,6-7,12-14H2,1-5H3,(H2,23,24,25). The monoisotopic (exact) mass is 415 g/mol. The lowest BCUT2D eigenvalue weighted by molar-refractivity contribution is 0.122. The van der Waals surface area contributed by atoms with Crippen LogP contribution in [0.4, 0.5) is 0 Å². The normalized spacial score (nSPS) is 20.5. The Bertz CT molecular complexity index is 817. The molecular weight excluding hydrogens is 382 g/mol. The van der Waals surface area contributed by atoms with E-state index in [1.54, 1.807) is 18.4 Å². The lowest BCUT2D eigenvalue weighted by atomic mass is 9.85. The van der Waals surface area contributed by atoms with Gasteiger partial charge in [0.25, 0.3) is 0 Å². The zero-order valence-electron chi connectivity index (χ0n) is 18.2. The van der Waals surface area contributed by atoms with Gasteiger partial charge in [-0.25, -0.2) is 4.98 Å². The molecule has 1 aromatic carbocycles. The Hall–Kier alpha value is -2.12. The molecule has 2 aromatic rings. The third-order valence-corrected chi connectivity index (χ3v) is 6.71. The summed E-state index contributed by atoms with van der Waals surface area (Å²) in [7, 11) is 5.76. The molecule has 1 fully saturated rings. The molecule has 1 aliphatic heterocycles. The number of rotatable bonds is 6. The largest absolute Gasteiger partial charge is 0.497 e. The van der Waals surface area contributed by atoms with Crippen LogP contribution in [-0.4, -0.2) is 50.1 Å².